The highest BCUT2D eigenvalue weighted by Crippen LogP contribution is 2.08. The number of carbonyl (C=O) groups excluding carboxylic acids is 1. The molecule has 1 N–H and O–H groups in total. The number of morpholine rings is 1. The van der Waals surface area contributed by atoms with E-state index in [2.05, 4.69) is 17.3 Å². The average Bonchev–Trinajstić information content (AvgIpc) is 2.42. The number of rotatable bonds is 4. The van der Waals surface area contributed by atoms with Gasteiger partial charge in [-0.15, -0.1) is 0 Å². The summed E-state index contributed by atoms with van der Waals surface area (Å²) in [6.07, 6.45) is 3.01. The van der Waals surface area contributed by atoms with Crippen LogP contribution in [0.25, 0.3) is 0 Å². The Balaban J connectivity index is 1.58. The molecule has 1 amide bonds. The van der Waals surface area contributed by atoms with Gasteiger partial charge in [0.2, 0.25) is 5.91 Å². The monoisotopic (exact) mass is 255 g/mol. The standard InChI is InChI=1S/C13H25N3O2/c1-15-6-3-12(4-7-15)14-5-2-13(17)16-8-10-18-11-9-16/h12,14H,2-11H2,1H3. The summed E-state index contributed by atoms with van der Waals surface area (Å²) in [5, 5.41) is 3.51. The van der Waals surface area contributed by atoms with Crippen LogP contribution in [0.15, 0.2) is 0 Å². The lowest BCUT2D eigenvalue weighted by molar-refractivity contribution is -0.135. The van der Waals surface area contributed by atoms with Crippen LogP contribution in [0.4, 0.5) is 0 Å². The van der Waals surface area contributed by atoms with Crippen molar-refractivity contribution in [3.05, 3.63) is 0 Å². The van der Waals surface area contributed by atoms with Crippen molar-refractivity contribution in [3.63, 3.8) is 0 Å². The summed E-state index contributed by atoms with van der Waals surface area (Å²) < 4.78 is 5.25. The van der Waals surface area contributed by atoms with Crippen molar-refractivity contribution < 1.29 is 9.53 Å². The van der Waals surface area contributed by atoms with Crippen molar-refractivity contribution in [2.45, 2.75) is 25.3 Å². The molecule has 0 aromatic carbocycles. The van der Waals surface area contributed by atoms with E-state index < -0.39 is 0 Å². The first-order valence-corrected chi connectivity index (χ1v) is 7.03. The van der Waals surface area contributed by atoms with E-state index in [9.17, 15) is 4.79 Å². The van der Waals surface area contributed by atoms with Crippen molar-refractivity contribution in [2.75, 3.05) is 53.0 Å². The van der Waals surface area contributed by atoms with E-state index in [1.807, 2.05) is 4.90 Å². The molecule has 0 spiro atoms. The number of ether oxygens (including phenoxy) is 1. The van der Waals surface area contributed by atoms with E-state index in [-0.39, 0.29) is 5.91 Å². The maximum Gasteiger partial charge on any atom is 0.224 e. The highest BCUT2D eigenvalue weighted by molar-refractivity contribution is 5.76. The van der Waals surface area contributed by atoms with Crippen LogP contribution in [0, 0.1) is 0 Å². The number of nitrogens with one attached hydrogen (secondary N) is 1. The third-order valence-electron chi connectivity index (χ3n) is 3.85. The van der Waals surface area contributed by atoms with Crippen LogP contribution in [-0.2, 0) is 9.53 Å². The zero-order valence-electron chi connectivity index (χ0n) is 11.4. The Kier molecular flexibility index (Phi) is 5.41. The van der Waals surface area contributed by atoms with Gasteiger partial charge in [-0.25, -0.2) is 0 Å². The molecule has 5 heteroatoms. The molecule has 0 unspecified atom stereocenters. The Morgan fingerprint density at radius 1 is 1.22 bits per heavy atom. The lowest BCUT2D eigenvalue weighted by atomic mass is 10.1. The first-order valence-electron chi connectivity index (χ1n) is 7.03. The lowest BCUT2D eigenvalue weighted by Crippen LogP contribution is -2.44. The molecule has 0 aliphatic carbocycles. The van der Waals surface area contributed by atoms with Gasteiger partial charge in [-0.3, -0.25) is 4.79 Å². The van der Waals surface area contributed by atoms with Crippen LogP contribution in [0.5, 0.6) is 0 Å². The van der Waals surface area contributed by atoms with E-state index in [0.29, 0.717) is 25.7 Å². The topological polar surface area (TPSA) is 44.8 Å². The first kappa shape index (κ1) is 13.8. The number of nitrogens with zero attached hydrogens (tertiary/aromatic N) is 2. The summed E-state index contributed by atoms with van der Waals surface area (Å²) in [4.78, 5) is 16.2. The molecule has 0 bridgehead atoms. The largest absolute Gasteiger partial charge is 0.378 e. The third kappa shape index (κ3) is 4.23. The molecule has 18 heavy (non-hydrogen) atoms. The van der Waals surface area contributed by atoms with Crippen molar-refractivity contribution in [1.29, 1.82) is 0 Å². The molecular weight excluding hydrogens is 230 g/mol. The van der Waals surface area contributed by atoms with Crippen LogP contribution < -0.4 is 5.32 Å². The second kappa shape index (κ2) is 7.07. The quantitative estimate of drug-likeness (QED) is 0.763. The Morgan fingerprint density at radius 3 is 2.56 bits per heavy atom. The average molecular weight is 255 g/mol. The van der Waals surface area contributed by atoms with Gasteiger partial charge < -0.3 is 19.9 Å². The fraction of sp³-hybridized carbons (Fsp3) is 0.923. The Bertz CT molecular complexity index is 259. The zero-order valence-corrected chi connectivity index (χ0v) is 11.4. The predicted molar refractivity (Wildman–Crippen MR) is 70.5 cm³/mol. The molecule has 0 aromatic heterocycles. The van der Waals surface area contributed by atoms with Crippen molar-refractivity contribution in [2.24, 2.45) is 0 Å². The van der Waals surface area contributed by atoms with E-state index in [1.165, 1.54) is 12.8 Å². The predicted octanol–water partition coefficient (Wildman–Crippen LogP) is -0.0809. The fourth-order valence-electron chi connectivity index (χ4n) is 2.57. The Labute approximate surface area is 109 Å². The minimum atomic E-state index is 0.263. The van der Waals surface area contributed by atoms with Crippen molar-refractivity contribution in [1.82, 2.24) is 15.1 Å². The number of amides is 1. The first-order chi connectivity index (χ1) is 8.75. The van der Waals surface area contributed by atoms with Gasteiger partial charge in [-0.05, 0) is 33.0 Å². The second-order valence-electron chi connectivity index (χ2n) is 5.27. The van der Waals surface area contributed by atoms with Crippen LogP contribution in [0.1, 0.15) is 19.3 Å². The number of piperidine rings is 1. The molecule has 5 nitrogen and oxygen atoms in total. The van der Waals surface area contributed by atoms with Crippen molar-refractivity contribution >= 4 is 5.91 Å². The normalized spacial score (nSPS) is 23.3. The van der Waals surface area contributed by atoms with E-state index in [1.54, 1.807) is 0 Å². The van der Waals surface area contributed by atoms with E-state index in [0.717, 1.165) is 32.7 Å². The summed E-state index contributed by atoms with van der Waals surface area (Å²) in [5.41, 5.74) is 0. The molecule has 2 aliphatic rings. The van der Waals surface area contributed by atoms with Crippen LogP contribution in [0.2, 0.25) is 0 Å². The second-order valence-corrected chi connectivity index (χ2v) is 5.27. The van der Waals surface area contributed by atoms with E-state index in [4.69, 9.17) is 4.74 Å². The maximum atomic E-state index is 11.9. The summed E-state index contributed by atoms with van der Waals surface area (Å²) in [6, 6.07) is 0.596. The van der Waals surface area contributed by atoms with Gasteiger partial charge in [0.15, 0.2) is 0 Å². The molecule has 2 saturated heterocycles. The molecular formula is C13H25N3O2. The number of carbonyl (C=O) groups is 1. The molecule has 2 aliphatic heterocycles. The van der Waals surface area contributed by atoms with Gasteiger partial charge in [-0.1, -0.05) is 0 Å². The summed E-state index contributed by atoms with van der Waals surface area (Å²) in [7, 11) is 2.16. The molecule has 2 heterocycles. The summed E-state index contributed by atoms with van der Waals surface area (Å²) in [5.74, 6) is 0.263. The van der Waals surface area contributed by atoms with Gasteiger partial charge in [0.1, 0.15) is 0 Å². The van der Waals surface area contributed by atoms with Gasteiger partial charge in [0, 0.05) is 32.1 Å². The third-order valence-corrected chi connectivity index (χ3v) is 3.85. The molecule has 0 atom stereocenters. The minimum absolute atomic E-state index is 0.263. The molecule has 104 valence electrons. The molecule has 0 aromatic rings. The lowest BCUT2D eigenvalue weighted by Gasteiger charge is -2.30. The highest BCUT2D eigenvalue weighted by Gasteiger charge is 2.18. The summed E-state index contributed by atoms with van der Waals surface area (Å²) in [6.45, 7) is 6.02. The van der Waals surface area contributed by atoms with Gasteiger partial charge in [0.25, 0.3) is 0 Å². The number of hydrogen-bond acceptors (Lipinski definition) is 4. The van der Waals surface area contributed by atoms with Crippen molar-refractivity contribution in [3.8, 4) is 0 Å². The van der Waals surface area contributed by atoms with Crippen LogP contribution in [0.3, 0.4) is 0 Å². The van der Waals surface area contributed by atoms with Crippen LogP contribution >= 0.6 is 0 Å². The van der Waals surface area contributed by atoms with Gasteiger partial charge >= 0.3 is 0 Å². The number of hydrogen-bond donors (Lipinski definition) is 1. The number of likely N-dealkylation sites (tertiary alicyclic amines) is 1. The van der Waals surface area contributed by atoms with E-state index >= 15 is 0 Å². The molecule has 2 rings (SSSR count). The molecule has 0 saturated carbocycles. The summed E-state index contributed by atoms with van der Waals surface area (Å²) >= 11 is 0. The maximum absolute atomic E-state index is 11.9. The SMILES string of the molecule is CN1CCC(NCCC(=O)N2CCOCC2)CC1. The Morgan fingerprint density at radius 2 is 1.89 bits per heavy atom. The fourth-order valence-corrected chi connectivity index (χ4v) is 2.57. The Hall–Kier alpha value is -0.650. The zero-order chi connectivity index (χ0) is 12.8. The molecule has 0 radical (unpaired) electrons. The van der Waals surface area contributed by atoms with Gasteiger partial charge in [0.05, 0.1) is 13.2 Å². The minimum Gasteiger partial charge on any atom is -0.378 e. The smallest absolute Gasteiger partial charge is 0.224 e. The van der Waals surface area contributed by atoms with Crippen LogP contribution in [-0.4, -0.2) is 74.7 Å². The highest BCUT2D eigenvalue weighted by atomic mass is 16.5. The molecule has 2 fully saturated rings. The van der Waals surface area contributed by atoms with Gasteiger partial charge in [-0.2, -0.15) is 0 Å².